The van der Waals surface area contributed by atoms with E-state index in [2.05, 4.69) is 9.72 Å². The summed E-state index contributed by atoms with van der Waals surface area (Å²) in [6, 6.07) is 2.77. The fraction of sp³-hybridized carbons (Fsp3) is 0.625. The van der Waals surface area contributed by atoms with Crippen LogP contribution in [0.5, 0.6) is 5.88 Å². The molecule has 156 valence electrons. The number of pyridine rings is 1. The third-order valence-corrected chi connectivity index (χ3v) is 6.65. The van der Waals surface area contributed by atoms with E-state index in [9.17, 15) is 26.4 Å². The number of rotatable bonds is 5. The highest BCUT2D eigenvalue weighted by Gasteiger charge is 2.35. The molecule has 2 saturated heterocycles. The van der Waals surface area contributed by atoms with Gasteiger partial charge in [-0.05, 0) is 25.0 Å². The van der Waals surface area contributed by atoms with Gasteiger partial charge in [-0.2, -0.15) is 30.2 Å². The number of nitrogens with zero attached hydrogens (tertiary/aromatic N) is 4. The fourth-order valence-corrected chi connectivity index (χ4v) is 4.86. The third kappa shape index (κ3) is 4.73. The van der Waals surface area contributed by atoms with Crippen LogP contribution in [0.2, 0.25) is 0 Å². The molecule has 0 spiro atoms. The van der Waals surface area contributed by atoms with Gasteiger partial charge in [-0.25, -0.2) is 4.98 Å². The van der Waals surface area contributed by atoms with Crippen molar-refractivity contribution in [3.8, 4) is 5.88 Å². The van der Waals surface area contributed by atoms with E-state index >= 15 is 0 Å². The Morgan fingerprint density at radius 2 is 1.68 bits per heavy atom. The molecule has 3 rings (SSSR count). The lowest BCUT2D eigenvalue weighted by Crippen LogP contribution is -2.53. The molecule has 0 N–H and O–H groups in total. The van der Waals surface area contributed by atoms with Crippen molar-refractivity contribution in [2.45, 2.75) is 19.0 Å². The van der Waals surface area contributed by atoms with E-state index in [1.165, 1.54) is 31.8 Å². The molecule has 1 aromatic rings. The Morgan fingerprint density at radius 3 is 2.29 bits per heavy atom. The fourth-order valence-electron chi connectivity index (χ4n) is 3.19. The van der Waals surface area contributed by atoms with Gasteiger partial charge >= 0.3 is 6.18 Å². The molecule has 2 aliphatic rings. The molecule has 12 heteroatoms. The summed E-state index contributed by atoms with van der Waals surface area (Å²) in [6.07, 6.45) is -1.64. The highest BCUT2D eigenvalue weighted by Crippen LogP contribution is 2.23. The van der Waals surface area contributed by atoms with Gasteiger partial charge in [-0.15, -0.1) is 0 Å². The van der Waals surface area contributed by atoms with Crippen LogP contribution in [0, 0.1) is 0 Å². The van der Waals surface area contributed by atoms with Gasteiger partial charge in [0, 0.05) is 45.5 Å². The molecule has 2 aliphatic heterocycles. The van der Waals surface area contributed by atoms with Crippen LogP contribution in [0.3, 0.4) is 0 Å². The predicted molar refractivity (Wildman–Crippen MR) is 93.0 cm³/mol. The minimum Gasteiger partial charge on any atom is -0.467 e. The van der Waals surface area contributed by atoms with Gasteiger partial charge in [0.25, 0.3) is 16.1 Å². The van der Waals surface area contributed by atoms with E-state index in [1.807, 2.05) is 0 Å². The van der Waals surface area contributed by atoms with Gasteiger partial charge in [0.1, 0.15) is 5.56 Å². The molecular formula is C16H21F3N4O4S. The Balaban J connectivity index is 1.64. The van der Waals surface area contributed by atoms with Crippen LogP contribution in [-0.2, 0) is 10.2 Å². The molecule has 8 nitrogen and oxygen atoms in total. The summed E-state index contributed by atoms with van der Waals surface area (Å²) in [4.78, 5) is 17.8. The smallest absolute Gasteiger partial charge is 0.422 e. The molecule has 0 atom stereocenters. The standard InChI is InChI=1S/C16H21F3N4O4S/c17-16(18,19)12-27-14-13(4-3-5-20-14)15(24)21-8-10-23(11-9-21)28(25,26)22-6-1-2-7-22/h3-5H,1-2,6-12H2. The maximum Gasteiger partial charge on any atom is 0.422 e. The molecule has 0 saturated carbocycles. The van der Waals surface area contributed by atoms with Crippen LogP contribution in [0.15, 0.2) is 18.3 Å². The highest BCUT2D eigenvalue weighted by atomic mass is 32.2. The van der Waals surface area contributed by atoms with Crippen molar-refractivity contribution in [3.63, 3.8) is 0 Å². The molecule has 28 heavy (non-hydrogen) atoms. The first-order valence-corrected chi connectivity index (χ1v) is 10.3. The van der Waals surface area contributed by atoms with Crippen molar-refractivity contribution in [2.75, 3.05) is 45.9 Å². The second-order valence-electron chi connectivity index (χ2n) is 6.57. The van der Waals surface area contributed by atoms with Gasteiger partial charge < -0.3 is 9.64 Å². The Morgan fingerprint density at radius 1 is 1.07 bits per heavy atom. The normalized spacial score (nSPS) is 19.8. The number of hydrogen-bond donors (Lipinski definition) is 0. The van der Waals surface area contributed by atoms with Crippen molar-refractivity contribution in [1.29, 1.82) is 0 Å². The SMILES string of the molecule is O=C(c1cccnc1OCC(F)(F)F)N1CCN(S(=O)(=O)N2CCCC2)CC1. The molecule has 3 heterocycles. The molecule has 0 unspecified atom stereocenters. The zero-order chi connectivity index (χ0) is 20.4. The van der Waals surface area contributed by atoms with Gasteiger partial charge in [0.15, 0.2) is 6.61 Å². The molecule has 0 aromatic carbocycles. The molecule has 0 radical (unpaired) electrons. The van der Waals surface area contributed by atoms with Crippen LogP contribution in [-0.4, -0.2) is 84.9 Å². The van der Waals surface area contributed by atoms with E-state index < -0.39 is 34.8 Å². The number of alkyl halides is 3. The molecule has 0 bridgehead atoms. The number of carbonyl (C=O) groups is 1. The second-order valence-corrected chi connectivity index (χ2v) is 8.49. The highest BCUT2D eigenvalue weighted by molar-refractivity contribution is 7.86. The van der Waals surface area contributed by atoms with E-state index in [4.69, 9.17) is 0 Å². The topological polar surface area (TPSA) is 83.0 Å². The number of hydrogen-bond acceptors (Lipinski definition) is 5. The maximum atomic E-state index is 12.7. The maximum absolute atomic E-state index is 12.7. The Kier molecular flexibility index (Phi) is 6.10. The minimum absolute atomic E-state index is 0.0809. The van der Waals surface area contributed by atoms with Gasteiger partial charge in [0.2, 0.25) is 5.88 Å². The van der Waals surface area contributed by atoms with Crippen molar-refractivity contribution in [1.82, 2.24) is 18.5 Å². The van der Waals surface area contributed by atoms with Crippen molar-refractivity contribution < 1.29 is 31.1 Å². The summed E-state index contributed by atoms with van der Waals surface area (Å²) < 4.78 is 69.8. The number of piperazine rings is 1. The zero-order valence-corrected chi connectivity index (χ0v) is 15.9. The second kappa shape index (κ2) is 8.21. The average molecular weight is 422 g/mol. The van der Waals surface area contributed by atoms with Crippen LogP contribution in [0.25, 0.3) is 0 Å². The Bertz CT molecular complexity index is 804. The molecule has 0 aliphatic carbocycles. The predicted octanol–water partition coefficient (Wildman–Crippen LogP) is 1.12. The summed E-state index contributed by atoms with van der Waals surface area (Å²) >= 11 is 0. The van der Waals surface area contributed by atoms with Gasteiger partial charge in [-0.3, -0.25) is 4.79 Å². The van der Waals surface area contributed by atoms with Crippen LogP contribution in [0.1, 0.15) is 23.2 Å². The van der Waals surface area contributed by atoms with E-state index in [0.717, 1.165) is 12.8 Å². The number of halogens is 3. The third-order valence-electron chi connectivity index (χ3n) is 4.62. The van der Waals surface area contributed by atoms with Crippen molar-refractivity contribution in [2.24, 2.45) is 0 Å². The number of carbonyl (C=O) groups excluding carboxylic acids is 1. The first-order chi connectivity index (χ1) is 13.2. The van der Waals surface area contributed by atoms with Gasteiger partial charge in [0.05, 0.1) is 0 Å². The summed E-state index contributed by atoms with van der Waals surface area (Å²) in [5.41, 5.74) is -0.0809. The lowest BCUT2D eigenvalue weighted by Gasteiger charge is -2.35. The molecule has 1 amide bonds. The summed E-state index contributed by atoms with van der Waals surface area (Å²) in [7, 11) is -3.54. The summed E-state index contributed by atoms with van der Waals surface area (Å²) in [5.74, 6) is -0.930. The van der Waals surface area contributed by atoms with E-state index in [-0.39, 0.29) is 31.7 Å². The monoisotopic (exact) mass is 422 g/mol. The average Bonchev–Trinajstić information content (AvgIpc) is 3.21. The number of ether oxygens (including phenoxy) is 1. The molecule has 1 aromatic heterocycles. The van der Waals surface area contributed by atoms with Crippen molar-refractivity contribution >= 4 is 16.1 Å². The lowest BCUT2D eigenvalue weighted by molar-refractivity contribution is -0.154. The summed E-state index contributed by atoms with van der Waals surface area (Å²) in [5, 5.41) is 0. The number of aromatic nitrogens is 1. The van der Waals surface area contributed by atoms with Crippen molar-refractivity contribution in [3.05, 3.63) is 23.9 Å². The molecular weight excluding hydrogens is 401 g/mol. The summed E-state index contributed by atoms with van der Waals surface area (Å²) in [6.45, 7) is -0.0214. The first kappa shape index (κ1) is 20.8. The Hall–Kier alpha value is -1.92. The van der Waals surface area contributed by atoms with Gasteiger partial charge in [-0.1, -0.05) is 0 Å². The first-order valence-electron chi connectivity index (χ1n) is 8.87. The zero-order valence-electron chi connectivity index (χ0n) is 15.1. The largest absolute Gasteiger partial charge is 0.467 e. The van der Waals surface area contributed by atoms with E-state index in [0.29, 0.717) is 13.1 Å². The van der Waals surface area contributed by atoms with E-state index in [1.54, 1.807) is 0 Å². The van der Waals surface area contributed by atoms with Crippen LogP contribution < -0.4 is 4.74 Å². The van der Waals surface area contributed by atoms with Crippen LogP contribution in [0.4, 0.5) is 13.2 Å². The molecule has 2 fully saturated rings. The minimum atomic E-state index is -4.55. The lowest BCUT2D eigenvalue weighted by atomic mass is 10.2. The quantitative estimate of drug-likeness (QED) is 0.710. The Labute approximate surface area is 161 Å². The van der Waals surface area contributed by atoms with Crippen LogP contribution >= 0.6 is 0 Å². The number of amides is 1.